The maximum atomic E-state index is 11.5. The Morgan fingerprint density at radius 1 is 1.27 bits per heavy atom. The molecule has 0 aliphatic carbocycles. The first-order valence-electron chi connectivity index (χ1n) is 9.54. The van der Waals surface area contributed by atoms with Crippen LogP contribution in [0.4, 0.5) is 10.8 Å². The number of anilines is 2. The normalized spacial score (nSPS) is 12.2. The molecule has 0 aliphatic heterocycles. The first-order valence-corrected chi connectivity index (χ1v) is 11.5. The Morgan fingerprint density at radius 3 is 2.77 bits per heavy atom. The number of aryl methyl sites for hydroxylation is 1. The summed E-state index contributed by atoms with van der Waals surface area (Å²) in [4.78, 5) is 9.42. The summed E-state index contributed by atoms with van der Waals surface area (Å²) in [5, 5.41) is 5.81. The van der Waals surface area contributed by atoms with Crippen LogP contribution in [-0.2, 0) is 22.2 Å². The van der Waals surface area contributed by atoms with E-state index in [0.717, 1.165) is 36.4 Å². The van der Waals surface area contributed by atoms with E-state index < -0.39 is 11.1 Å². The third kappa shape index (κ3) is 6.09. The van der Waals surface area contributed by atoms with Crippen LogP contribution < -0.4 is 10.1 Å². The van der Waals surface area contributed by atoms with Crippen LogP contribution in [0.3, 0.4) is 0 Å². The lowest BCUT2D eigenvalue weighted by molar-refractivity contribution is 0.195. The van der Waals surface area contributed by atoms with Crippen molar-refractivity contribution in [3.8, 4) is 17.0 Å². The molecule has 2 aromatic heterocycles. The van der Waals surface area contributed by atoms with Gasteiger partial charge in [0.15, 0.2) is 16.2 Å². The second-order valence-electron chi connectivity index (χ2n) is 6.87. The van der Waals surface area contributed by atoms with Gasteiger partial charge in [-0.05, 0) is 57.0 Å². The molecule has 9 heteroatoms. The largest absolute Gasteiger partial charge is 0.489 e. The number of pyridine rings is 1. The molecule has 0 fully saturated rings. The molecule has 3 aromatic rings. The van der Waals surface area contributed by atoms with Crippen molar-refractivity contribution >= 4 is 33.2 Å². The zero-order chi connectivity index (χ0) is 21.5. The molecule has 1 atom stereocenters. The van der Waals surface area contributed by atoms with E-state index in [0.29, 0.717) is 21.5 Å². The van der Waals surface area contributed by atoms with Crippen LogP contribution in [0.25, 0.3) is 11.3 Å². The van der Waals surface area contributed by atoms with Gasteiger partial charge in [-0.3, -0.25) is 4.98 Å². The Hall–Kier alpha value is -2.33. The van der Waals surface area contributed by atoms with Crippen molar-refractivity contribution in [2.24, 2.45) is 0 Å². The van der Waals surface area contributed by atoms with Crippen molar-refractivity contribution in [2.75, 3.05) is 19.0 Å². The SMILES string of the molecule is COCCCc1ccc(-c2csc(Nc3cc(S(=O)O)ccc3OC(C)C)n2)cn1. The molecule has 1 aromatic carbocycles. The molecule has 0 spiro atoms. The van der Waals surface area contributed by atoms with Gasteiger partial charge in [0.25, 0.3) is 0 Å². The van der Waals surface area contributed by atoms with Crippen molar-refractivity contribution in [3.63, 3.8) is 0 Å². The number of benzene rings is 1. The molecular formula is C21H25N3O4S2. The molecule has 0 bridgehead atoms. The van der Waals surface area contributed by atoms with Crippen LogP contribution >= 0.6 is 11.3 Å². The quantitative estimate of drug-likeness (QED) is 0.337. The van der Waals surface area contributed by atoms with Crippen molar-refractivity contribution in [2.45, 2.75) is 37.7 Å². The first kappa shape index (κ1) is 22.4. The van der Waals surface area contributed by atoms with E-state index in [9.17, 15) is 8.76 Å². The predicted octanol–water partition coefficient (Wildman–Crippen LogP) is 4.90. The van der Waals surface area contributed by atoms with Gasteiger partial charge in [0, 0.05) is 36.6 Å². The summed E-state index contributed by atoms with van der Waals surface area (Å²) < 4.78 is 31.7. The Bertz CT molecular complexity index is 990. The molecule has 30 heavy (non-hydrogen) atoms. The standard InChI is InChI=1S/C21H25N3O4S2/c1-14(2)28-20-9-8-17(30(25)26)11-18(20)23-21-24-19(13-29-21)15-6-7-16(22-12-15)5-4-10-27-3/h6-9,11-14H,4-5,10H2,1-3H3,(H,23,24)(H,25,26). The highest BCUT2D eigenvalue weighted by atomic mass is 32.2. The van der Waals surface area contributed by atoms with Gasteiger partial charge in [-0.25, -0.2) is 9.19 Å². The number of thiazole rings is 1. The van der Waals surface area contributed by atoms with E-state index in [1.807, 2.05) is 37.6 Å². The minimum atomic E-state index is -2.08. The Kier molecular flexibility index (Phi) is 7.92. The number of hydrogen-bond acceptors (Lipinski definition) is 7. The van der Waals surface area contributed by atoms with Gasteiger partial charge in [-0.1, -0.05) is 0 Å². The maximum Gasteiger partial charge on any atom is 0.187 e. The zero-order valence-electron chi connectivity index (χ0n) is 17.1. The third-order valence-corrected chi connectivity index (χ3v) is 5.58. The number of ether oxygens (including phenoxy) is 2. The van der Waals surface area contributed by atoms with E-state index in [-0.39, 0.29) is 6.10 Å². The Balaban J connectivity index is 1.76. The van der Waals surface area contributed by atoms with Crippen molar-refractivity contribution in [1.82, 2.24) is 9.97 Å². The van der Waals surface area contributed by atoms with Crippen LogP contribution in [0.1, 0.15) is 26.0 Å². The van der Waals surface area contributed by atoms with Gasteiger partial charge in [0.1, 0.15) is 5.75 Å². The van der Waals surface area contributed by atoms with Gasteiger partial charge in [-0.15, -0.1) is 11.3 Å². The summed E-state index contributed by atoms with van der Waals surface area (Å²) in [6.45, 7) is 4.57. The van der Waals surface area contributed by atoms with Crippen LogP contribution in [0.5, 0.6) is 5.75 Å². The fourth-order valence-electron chi connectivity index (χ4n) is 2.77. The fraction of sp³-hybridized carbons (Fsp3) is 0.333. The van der Waals surface area contributed by atoms with Crippen molar-refractivity contribution < 1.29 is 18.2 Å². The smallest absolute Gasteiger partial charge is 0.187 e. The van der Waals surface area contributed by atoms with Gasteiger partial charge in [-0.2, -0.15) is 0 Å². The van der Waals surface area contributed by atoms with Crippen molar-refractivity contribution in [1.29, 1.82) is 0 Å². The van der Waals surface area contributed by atoms with Gasteiger partial charge < -0.3 is 19.3 Å². The topological polar surface area (TPSA) is 93.6 Å². The highest BCUT2D eigenvalue weighted by Crippen LogP contribution is 2.33. The minimum absolute atomic E-state index is 0.0312. The monoisotopic (exact) mass is 447 g/mol. The average Bonchev–Trinajstić information content (AvgIpc) is 3.18. The average molecular weight is 448 g/mol. The zero-order valence-corrected chi connectivity index (χ0v) is 18.8. The molecule has 0 saturated carbocycles. The van der Waals surface area contributed by atoms with Crippen LogP contribution in [-0.4, -0.2) is 38.6 Å². The van der Waals surface area contributed by atoms with E-state index in [1.54, 1.807) is 25.3 Å². The second-order valence-corrected chi connectivity index (χ2v) is 8.70. The minimum Gasteiger partial charge on any atom is -0.489 e. The van der Waals surface area contributed by atoms with Gasteiger partial charge >= 0.3 is 0 Å². The molecule has 2 heterocycles. The van der Waals surface area contributed by atoms with Crippen LogP contribution in [0, 0.1) is 0 Å². The molecular weight excluding hydrogens is 422 g/mol. The third-order valence-electron chi connectivity index (χ3n) is 4.16. The Morgan fingerprint density at radius 2 is 2.10 bits per heavy atom. The summed E-state index contributed by atoms with van der Waals surface area (Å²) in [7, 11) is 1.70. The lowest BCUT2D eigenvalue weighted by atomic mass is 10.1. The fourth-order valence-corrected chi connectivity index (χ4v) is 3.91. The summed E-state index contributed by atoms with van der Waals surface area (Å²) in [5.41, 5.74) is 3.36. The lowest BCUT2D eigenvalue weighted by Crippen LogP contribution is -2.08. The number of aromatic nitrogens is 2. The van der Waals surface area contributed by atoms with E-state index in [4.69, 9.17) is 9.47 Å². The highest BCUT2D eigenvalue weighted by Gasteiger charge is 2.13. The van der Waals surface area contributed by atoms with E-state index in [1.165, 1.54) is 11.3 Å². The summed E-state index contributed by atoms with van der Waals surface area (Å²) in [6.07, 6.45) is 3.60. The predicted molar refractivity (Wildman–Crippen MR) is 120 cm³/mol. The molecule has 0 amide bonds. The van der Waals surface area contributed by atoms with Crippen LogP contribution in [0.2, 0.25) is 0 Å². The molecule has 3 rings (SSSR count). The molecule has 160 valence electrons. The molecule has 0 saturated heterocycles. The molecule has 0 radical (unpaired) electrons. The number of methoxy groups -OCH3 is 1. The van der Waals surface area contributed by atoms with Crippen LogP contribution in [0.15, 0.2) is 46.8 Å². The lowest BCUT2D eigenvalue weighted by Gasteiger charge is -2.15. The number of nitrogens with one attached hydrogen (secondary N) is 1. The van der Waals surface area contributed by atoms with Crippen molar-refractivity contribution in [3.05, 3.63) is 47.6 Å². The molecule has 2 N–H and O–H groups in total. The van der Waals surface area contributed by atoms with Gasteiger partial charge in [0.05, 0.1) is 22.4 Å². The highest BCUT2D eigenvalue weighted by molar-refractivity contribution is 7.79. The number of nitrogens with zero attached hydrogens (tertiary/aromatic N) is 2. The Labute approximate surface area is 182 Å². The summed E-state index contributed by atoms with van der Waals surface area (Å²) >= 11 is -0.635. The second kappa shape index (κ2) is 10.6. The summed E-state index contributed by atoms with van der Waals surface area (Å²) in [5.74, 6) is 0.595. The van der Waals surface area contributed by atoms with E-state index >= 15 is 0 Å². The maximum absolute atomic E-state index is 11.5. The molecule has 1 unspecified atom stereocenters. The number of rotatable bonds is 10. The van der Waals surface area contributed by atoms with E-state index in [2.05, 4.69) is 15.3 Å². The van der Waals surface area contributed by atoms with Gasteiger partial charge in [0.2, 0.25) is 0 Å². The summed E-state index contributed by atoms with van der Waals surface area (Å²) in [6, 6.07) is 8.88. The first-order chi connectivity index (χ1) is 14.5. The number of hydrogen-bond donors (Lipinski definition) is 2. The molecule has 0 aliphatic rings. The molecule has 7 nitrogen and oxygen atoms in total.